The van der Waals surface area contributed by atoms with Gasteiger partial charge in [-0.2, -0.15) is 0 Å². The third-order valence-corrected chi connectivity index (χ3v) is 2.61. The van der Waals surface area contributed by atoms with Crippen LogP contribution in [0, 0.1) is 0 Å². The molecule has 1 N–H and O–H groups in total. The fraction of sp³-hybridized carbons (Fsp3) is 0.545. The molecule has 0 amide bonds. The number of hydrogen-bond donors (Lipinski definition) is 1. The van der Waals surface area contributed by atoms with Gasteiger partial charge >= 0.3 is 0 Å². The normalized spacial score (nSPS) is 13.2. The molecule has 0 saturated carbocycles. The van der Waals surface area contributed by atoms with Gasteiger partial charge in [0.15, 0.2) is 0 Å². The molecule has 0 spiro atoms. The van der Waals surface area contributed by atoms with Gasteiger partial charge in [-0.25, -0.2) is 9.67 Å². The van der Waals surface area contributed by atoms with Crippen molar-refractivity contribution in [1.82, 2.24) is 24.5 Å². The molecule has 0 bridgehead atoms. The highest BCUT2D eigenvalue weighted by Crippen LogP contribution is 2.11. The monoisotopic (exact) mass is 235 g/mol. The molecule has 2 aromatic rings. The van der Waals surface area contributed by atoms with E-state index in [2.05, 4.69) is 33.7 Å². The first-order chi connectivity index (χ1) is 8.08. The zero-order chi connectivity index (χ0) is 12.4. The molecular weight excluding hydrogens is 218 g/mol. The fourth-order valence-corrected chi connectivity index (χ4v) is 1.67. The lowest BCUT2D eigenvalue weighted by Gasteiger charge is -2.11. The number of nitrogens with zero attached hydrogens (tertiary/aromatic N) is 5. The summed E-state index contributed by atoms with van der Waals surface area (Å²) in [5.74, 6) is 0. The second-order valence-electron chi connectivity index (χ2n) is 4.40. The number of imidazole rings is 1. The maximum Gasteiger partial charge on any atom is 0.111 e. The van der Waals surface area contributed by atoms with Gasteiger partial charge in [-0.1, -0.05) is 5.21 Å². The summed E-state index contributed by atoms with van der Waals surface area (Å²) in [7, 11) is 0. The fourth-order valence-electron chi connectivity index (χ4n) is 1.67. The highest BCUT2D eigenvalue weighted by molar-refractivity contribution is 5.02. The Bertz CT molecular complexity index is 486. The van der Waals surface area contributed by atoms with E-state index in [1.54, 1.807) is 17.8 Å². The van der Waals surface area contributed by atoms with Crippen LogP contribution < -0.4 is 0 Å². The maximum absolute atomic E-state index is 9.37. The summed E-state index contributed by atoms with van der Waals surface area (Å²) < 4.78 is 3.79. The summed E-state index contributed by atoms with van der Waals surface area (Å²) in [6.45, 7) is 6.49. The predicted octanol–water partition coefficient (Wildman–Crippen LogP) is 1.16. The maximum atomic E-state index is 9.37. The Kier molecular flexibility index (Phi) is 3.23. The molecule has 2 heterocycles. The van der Waals surface area contributed by atoms with Gasteiger partial charge < -0.3 is 9.67 Å². The minimum atomic E-state index is -0.584. The number of aromatic nitrogens is 5. The summed E-state index contributed by atoms with van der Waals surface area (Å²) in [5.41, 5.74) is 1.66. The number of rotatable bonds is 4. The van der Waals surface area contributed by atoms with Crippen molar-refractivity contribution in [3.8, 4) is 0 Å². The largest absolute Gasteiger partial charge is 0.387 e. The Hall–Kier alpha value is -1.69. The molecule has 92 valence electrons. The van der Waals surface area contributed by atoms with Crippen LogP contribution in [0.25, 0.3) is 0 Å². The standard InChI is InChI=1S/C11H17N5O/c1-8(2)16-7-12-4-10(16)5-15-6-11(9(3)17)13-14-15/h4,6-9,17H,5H2,1-3H3. The molecule has 6 heteroatoms. The lowest BCUT2D eigenvalue weighted by Crippen LogP contribution is -2.09. The molecule has 17 heavy (non-hydrogen) atoms. The summed E-state index contributed by atoms with van der Waals surface area (Å²) in [5, 5.41) is 17.3. The molecule has 0 radical (unpaired) electrons. The Morgan fingerprint density at radius 1 is 1.35 bits per heavy atom. The van der Waals surface area contributed by atoms with E-state index >= 15 is 0 Å². The van der Waals surface area contributed by atoms with Gasteiger partial charge in [0.1, 0.15) is 5.69 Å². The van der Waals surface area contributed by atoms with Crippen molar-refractivity contribution in [3.05, 3.63) is 30.1 Å². The van der Waals surface area contributed by atoms with E-state index in [1.807, 2.05) is 12.5 Å². The van der Waals surface area contributed by atoms with Crippen molar-refractivity contribution in [2.45, 2.75) is 39.5 Å². The van der Waals surface area contributed by atoms with Crippen molar-refractivity contribution in [1.29, 1.82) is 0 Å². The van der Waals surface area contributed by atoms with E-state index in [9.17, 15) is 5.11 Å². The molecule has 0 aliphatic heterocycles. The van der Waals surface area contributed by atoms with Gasteiger partial charge in [0.2, 0.25) is 0 Å². The third-order valence-electron chi connectivity index (χ3n) is 2.61. The van der Waals surface area contributed by atoms with E-state index in [0.29, 0.717) is 18.3 Å². The van der Waals surface area contributed by atoms with Crippen molar-refractivity contribution < 1.29 is 5.11 Å². The molecule has 2 rings (SSSR count). The van der Waals surface area contributed by atoms with E-state index in [-0.39, 0.29) is 0 Å². The Labute approximate surface area is 99.9 Å². The van der Waals surface area contributed by atoms with E-state index in [1.165, 1.54) is 0 Å². The van der Waals surface area contributed by atoms with Gasteiger partial charge in [-0.05, 0) is 20.8 Å². The van der Waals surface area contributed by atoms with Gasteiger partial charge in [0.25, 0.3) is 0 Å². The third kappa shape index (κ3) is 2.52. The van der Waals surface area contributed by atoms with Gasteiger partial charge in [-0.15, -0.1) is 5.10 Å². The van der Waals surface area contributed by atoms with Crippen LogP contribution in [0.4, 0.5) is 0 Å². The van der Waals surface area contributed by atoms with Crippen molar-refractivity contribution in [3.63, 3.8) is 0 Å². The SMILES string of the molecule is CC(O)c1cn(Cc2cncn2C(C)C)nn1. The minimum Gasteiger partial charge on any atom is -0.387 e. The predicted molar refractivity (Wildman–Crippen MR) is 62.4 cm³/mol. The van der Waals surface area contributed by atoms with Crippen molar-refractivity contribution >= 4 is 0 Å². The molecule has 6 nitrogen and oxygen atoms in total. The van der Waals surface area contributed by atoms with Crippen LogP contribution in [0.15, 0.2) is 18.7 Å². The topological polar surface area (TPSA) is 68.8 Å². The lowest BCUT2D eigenvalue weighted by atomic mass is 10.3. The van der Waals surface area contributed by atoms with Crippen LogP contribution in [0.5, 0.6) is 0 Å². The van der Waals surface area contributed by atoms with Crippen LogP contribution in [0.3, 0.4) is 0 Å². The first-order valence-corrected chi connectivity index (χ1v) is 5.66. The van der Waals surface area contributed by atoms with Crippen molar-refractivity contribution in [2.75, 3.05) is 0 Å². The average Bonchev–Trinajstić information content (AvgIpc) is 2.86. The number of aliphatic hydroxyl groups is 1. The first kappa shape index (κ1) is 11.8. The molecule has 1 unspecified atom stereocenters. The lowest BCUT2D eigenvalue weighted by molar-refractivity contribution is 0.194. The summed E-state index contributed by atoms with van der Waals surface area (Å²) in [6, 6.07) is 0.368. The molecular formula is C11H17N5O. The van der Waals surface area contributed by atoms with Gasteiger partial charge in [-0.3, -0.25) is 0 Å². The number of aliphatic hydroxyl groups excluding tert-OH is 1. The zero-order valence-corrected chi connectivity index (χ0v) is 10.3. The van der Waals surface area contributed by atoms with E-state index < -0.39 is 6.10 Å². The van der Waals surface area contributed by atoms with Crippen LogP contribution in [0.1, 0.15) is 44.3 Å². The Balaban J connectivity index is 2.17. The second kappa shape index (κ2) is 4.67. The molecule has 0 saturated heterocycles. The molecule has 0 aliphatic rings. The summed E-state index contributed by atoms with van der Waals surface area (Å²) >= 11 is 0. The molecule has 0 aliphatic carbocycles. The number of hydrogen-bond acceptors (Lipinski definition) is 4. The summed E-state index contributed by atoms with van der Waals surface area (Å²) in [6.07, 6.45) is 4.80. The zero-order valence-electron chi connectivity index (χ0n) is 10.3. The van der Waals surface area contributed by atoms with Crippen LogP contribution in [-0.2, 0) is 6.54 Å². The smallest absolute Gasteiger partial charge is 0.111 e. The average molecular weight is 235 g/mol. The molecule has 1 atom stereocenters. The second-order valence-corrected chi connectivity index (χ2v) is 4.40. The van der Waals surface area contributed by atoms with Crippen LogP contribution in [0.2, 0.25) is 0 Å². The van der Waals surface area contributed by atoms with E-state index in [0.717, 1.165) is 5.69 Å². The van der Waals surface area contributed by atoms with Gasteiger partial charge in [0, 0.05) is 6.04 Å². The first-order valence-electron chi connectivity index (χ1n) is 5.66. The van der Waals surface area contributed by atoms with E-state index in [4.69, 9.17) is 0 Å². The minimum absolute atomic E-state index is 0.368. The molecule has 2 aromatic heterocycles. The molecule has 0 aromatic carbocycles. The van der Waals surface area contributed by atoms with Crippen LogP contribution >= 0.6 is 0 Å². The van der Waals surface area contributed by atoms with Crippen molar-refractivity contribution in [2.24, 2.45) is 0 Å². The molecule has 0 fully saturated rings. The Morgan fingerprint density at radius 3 is 2.71 bits per heavy atom. The summed E-state index contributed by atoms with van der Waals surface area (Å²) in [4.78, 5) is 4.13. The van der Waals surface area contributed by atoms with Crippen LogP contribution in [-0.4, -0.2) is 29.7 Å². The highest BCUT2D eigenvalue weighted by Gasteiger charge is 2.09. The van der Waals surface area contributed by atoms with Gasteiger partial charge in [0.05, 0.1) is 37.1 Å². The highest BCUT2D eigenvalue weighted by atomic mass is 16.3. The Morgan fingerprint density at radius 2 is 2.12 bits per heavy atom. The quantitative estimate of drug-likeness (QED) is 0.863.